The lowest BCUT2D eigenvalue weighted by molar-refractivity contribution is -0.241. The molecule has 3 aliphatic heterocycles. The van der Waals surface area contributed by atoms with Gasteiger partial charge in [-0.15, -0.1) is 5.06 Å². The summed E-state index contributed by atoms with van der Waals surface area (Å²) in [5.41, 5.74) is 2.48. The Morgan fingerprint density at radius 3 is 2.87 bits per heavy atom. The topological polar surface area (TPSA) is 40.7 Å². The van der Waals surface area contributed by atoms with Gasteiger partial charge >= 0.3 is 0 Å². The van der Waals surface area contributed by atoms with Gasteiger partial charge in [0, 0.05) is 30.1 Å². The molecule has 2 unspecified atom stereocenters. The van der Waals surface area contributed by atoms with E-state index < -0.39 is 0 Å². The summed E-state index contributed by atoms with van der Waals surface area (Å²) in [6, 6.07) is 6.24. The average Bonchev–Trinajstić information content (AvgIpc) is 2.96. The second-order valence-corrected chi connectivity index (χ2v) is 6.69. The lowest BCUT2D eigenvalue weighted by Crippen LogP contribution is -2.58. The summed E-state index contributed by atoms with van der Waals surface area (Å²) in [4.78, 5) is 11.9. The van der Waals surface area contributed by atoms with Crippen molar-refractivity contribution in [2.75, 3.05) is 33.2 Å². The summed E-state index contributed by atoms with van der Waals surface area (Å²) in [7, 11) is 2.16. The summed E-state index contributed by atoms with van der Waals surface area (Å²) >= 11 is 0. The van der Waals surface area contributed by atoms with Gasteiger partial charge in [-0.05, 0) is 37.7 Å². The van der Waals surface area contributed by atoms with E-state index >= 15 is 0 Å². The molecular formula is C18H25N3O2. The second-order valence-electron chi connectivity index (χ2n) is 6.69. The molecule has 2 aromatic rings. The maximum absolute atomic E-state index is 6.22. The number of piperidine rings is 1. The van der Waals surface area contributed by atoms with Crippen LogP contribution in [-0.4, -0.2) is 60.4 Å². The van der Waals surface area contributed by atoms with Gasteiger partial charge in [0.15, 0.2) is 5.75 Å². The third kappa shape index (κ3) is 2.96. The number of benzene rings is 1. The van der Waals surface area contributed by atoms with Crippen molar-refractivity contribution in [2.45, 2.75) is 32.0 Å². The molecule has 1 N–H and O–H groups in total. The number of fused-ring (bicyclic) bond motifs is 3. The molecule has 5 heteroatoms. The van der Waals surface area contributed by atoms with Crippen molar-refractivity contribution in [3.8, 4) is 5.75 Å². The first-order valence-corrected chi connectivity index (χ1v) is 8.59. The van der Waals surface area contributed by atoms with Crippen molar-refractivity contribution in [3.63, 3.8) is 0 Å². The van der Waals surface area contributed by atoms with Crippen LogP contribution < -0.4 is 4.84 Å². The van der Waals surface area contributed by atoms with E-state index in [-0.39, 0.29) is 0 Å². The Morgan fingerprint density at radius 2 is 2.13 bits per heavy atom. The minimum absolute atomic E-state index is 0.358. The van der Waals surface area contributed by atoms with E-state index in [0.29, 0.717) is 12.2 Å². The van der Waals surface area contributed by atoms with Crippen molar-refractivity contribution in [3.05, 3.63) is 30.0 Å². The van der Waals surface area contributed by atoms with E-state index in [4.69, 9.17) is 9.57 Å². The molecule has 3 fully saturated rings. The SMILES string of the molecule is CCN(C)CCc1c[nH]c2cccc(ON3CC4CC(C3)O4)c12. The Hall–Kier alpha value is -1.56. The predicted octanol–water partition coefficient (Wildman–Crippen LogP) is 2.43. The predicted molar refractivity (Wildman–Crippen MR) is 90.7 cm³/mol. The number of nitrogens with zero attached hydrogens (tertiary/aromatic N) is 2. The number of aromatic nitrogens is 1. The highest BCUT2D eigenvalue weighted by atomic mass is 16.7. The number of morpholine rings is 1. The third-order valence-corrected chi connectivity index (χ3v) is 5.00. The first kappa shape index (κ1) is 15.0. The molecular weight excluding hydrogens is 290 g/mol. The normalized spacial score (nSPS) is 24.1. The Bertz CT molecular complexity index is 668. The number of likely N-dealkylation sites (N-methyl/N-ethyl adjacent to an activating group) is 1. The van der Waals surface area contributed by atoms with Gasteiger partial charge in [0.1, 0.15) is 0 Å². The fourth-order valence-electron chi connectivity index (χ4n) is 3.49. The van der Waals surface area contributed by atoms with Gasteiger partial charge in [0.25, 0.3) is 0 Å². The van der Waals surface area contributed by atoms with Crippen LogP contribution in [0.2, 0.25) is 0 Å². The largest absolute Gasteiger partial charge is 0.405 e. The van der Waals surface area contributed by atoms with E-state index in [1.165, 1.54) is 17.4 Å². The monoisotopic (exact) mass is 315 g/mol. The molecule has 2 bridgehead atoms. The van der Waals surface area contributed by atoms with Crippen LogP contribution in [0.1, 0.15) is 18.9 Å². The molecule has 4 heterocycles. The number of hydrogen-bond donors (Lipinski definition) is 1. The molecule has 5 rings (SSSR count). The highest BCUT2D eigenvalue weighted by Gasteiger charge is 2.39. The lowest BCUT2D eigenvalue weighted by atomic mass is 10.0. The number of H-pyrrole nitrogens is 1. The lowest BCUT2D eigenvalue weighted by Gasteiger charge is -2.46. The molecule has 1 aromatic carbocycles. The van der Waals surface area contributed by atoms with Crippen LogP contribution in [0.15, 0.2) is 24.4 Å². The molecule has 0 aliphatic carbocycles. The molecule has 1 aromatic heterocycles. The maximum atomic E-state index is 6.22. The maximum Gasteiger partial charge on any atom is 0.157 e. The van der Waals surface area contributed by atoms with Crippen molar-refractivity contribution in [1.29, 1.82) is 0 Å². The van der Waals surface area contributed by atoms with Crippen LogP contribution in [0.3, 0.4) is 0 Å². The summed E-state index contributed by atoms with van der Waals surface area (Å²) in [6.45, 7) is 6.05. The highest BCUT2D eigenvalue weighted by Crippen LogP contribution is 2.33. The van der Waals surface area contributed by atoms with Crippen molar-refractivity contribution < 1.29 is 9.57 Å². The molecule has 0 radical (unpaired) electrons. The van der Waals surface area contributed by atoms with Crippen molar-refractivity contribution in [1.82, 2.24) is 14.9 Å². The van der Waals surface area contributed by atoms with Crippen LogP contribution in [0.25, 0.3) is 10.9 Å². The molecule has 3 saturated heterocycles. The summed E-state index contributed by atoms with van der Waals surface area (Å²) in [5.74, 6) is 0.958. The molecule has 5 nitrogen and oxygen atoms in total. The Kier molecular flexibility index (Phi) is 4.01. The van der Waals surface area contributed by atoms with Gasteiger partial charge < -0.3 is 19.5 Å². The van der Waals surface area contributed by atoms with Gasteiger partial charge in [-0.1, -0.05) is 13.0 Å². The first-order chi connectivity index (χ1) is 11.2. The van der Waals surface area contributed by atoms with Crippen LogP contribution in [0, 0.1) is 0 Å². The van der Waals surface area contributed by atoms with Crippen LogP contribution >= 0.6 is 0 Å². The van der Waals surface area contributed by atoms with E-state index in [1.807, 2.05) is 0 Å². The summed E-state index contributed by atoms with van der Waals surface area (Å²) < 4.78 is 5.68. The Balaban J connectivity index is 1.54. The smallest absolute Gasteiger partial charge is 0.157 e. The van der Waals surface area contributed by atoms with Gasteiger partial charge in [-0.2, -0.15) is 0 Å². The van der Waals surface area contributed by atoms with Crippen molar-refractivity contribution >= 4 is 10.9 Å². The number of ether oxygens (including phenoxy) is 1. The molecule has 2 atom stereocenters. The van der Waals surface area contributed by atoms with Gasteiger partial charge in [0.05, 0.1) is 25.3 Å². The van der Waals surface area contributed by atoms with Crippen LogP contribution in [0.5, 0.6) is 5.75 Å². The number of rotatable bonds is 6. The molecule has 0 spiro atoms. The summed E-state index contributed by atoms with van der Waals surface area (Å²) in [6.07, 6.45) is 5.05. The average molecular weight is 315 g/mol. The molecule has 0 saturated carbocycles. The number of aromatic amines is 1. The standard InChI is InChI=1S/C18H25N3O2/c1-3-20(2)8-7-13-10-19-16-5-4-6-17(18(13)16)23-21-11-14-9-15(12-21)22-14/h4-6,10,14-15,19H,3,7-9,11-12H2,1-2H3. The Morgan fingerprint density at radius 1 is 1.35 bits per heavy atom. The zero-order valence-electron chi connectivity index (χ0n) is 13.9. The highest BCUT2D eigenvalue weighted by molar-refractivity contribution is 5.89. The number of nitrogens with one attached hydrogen (secondary N) is 1. The second kappa shape index (κ2) is 6.15. The molecule has 0 amide bonds. The number of hydrogen-bond acceptors (Lipinski definition) is 4. The first-order valence-electron chi connectivity index (χ1n) is 8.59. The van der Waals surface area contributed by atoms with E-state index in [2.05, 4.69) is 53.3 Å². The van der Waals surface area contributed by atoms with Crippen molar-refractivity contribution in [2.24, 2.45) is 0 Å². The quantitative estimate of drug-likeness (QED) is 0.889. The fraction of sp³-hybridized carbons (Fsp3) is 0.556. The Labute approximate surface area is 137 Å². The van der Waals surface area contributed by atoms with E-state index in [0.717, 1.165) is 43.9 Å². The fourth-order valence-corrected chi connectivity index (χ4v) is 3.49. The minimum atomic E-state index is 0.358. The molecule has 124 valence electrons. The van der Waals surface area contributed by atoms with E-state index in [1.54, 1.807) is 0 Å². The van der Waals surface area contributed by atoms with Gasteiger partial charge in [-0.3, -0.25) is 0 Å². The number of hydroxylamine groups is 2. The van der Waals surface area contributed by atoms with Crippen LogP contribution in [-0.2, 0) is 11.2 Å². The molecule has 23 heavy (non-hydrogen) atoms. The van der Waals surface area contributed by atoms with E-state index in [9.17, 15) is 0 Å². The third-order valence-electron chi connectivity index (χ3n) is 5.00. The zero-order valence-corrected chi connectivity index (χ0v) is 13.9. The van der Waals surface area contributed by atoms with Gasteiger partial charge in [0.2, 0.25) is 0 Å². The van der Waals surface area contributed by atoms with Gasteiger partial charge in [-0.25, -0.2) is 0 Å². The van der Waals surface area contributed by atoms with Crippen LogP contribution in [0.4, 0.5) is 0 Å². The zero-order chi connectivity index (χ0) is 15.8. The summed E-state index contributed by atoms with van der Waals surface area (Å²) in [5, 5.41) is 3.28. The molecule has 3 aliphatic rings. The minimum Gasteiger partial charge on any atom is -0.405 e.